The molecule has 0 aromatic carbocycles. The number of hydrogen-bond acceptors (Lipinski definition) is 2. The standard InChI is InChI=1S/C12H19NO2/c1-9-4-2-5-10(8-9)13-7-3-6-11(13)12(14)15/h8-9,11H,2-7H2,1H3,(H,14,15)/t9-,11+/m1/s1. The van der Waals surface area contributed by atoms with Crippen LogP contribution in [0.1, 0.15) is 39.0 Å². The van der Waals surface area contributed by atoms with Crippen LogP contribution in [0.3, 0.4) is 0 Å². The van der Waals surface area contributed by atoms with Crippen molar-refractivity contribution in [1.29, 1.82) is 0 Å². The third kappa shape index (κ3) is 2.16. The van der Waals surface area contributed by atoms with Gasteiger partial charge in [0.25, 0.3) is 0 Å². The van der Waals surface area contributed by atoms with Gasteiger partial charge in [-0.2, -0.15) is 0 Å². The van der Waals surface area contributed by atoms with Gasteiger partial charge >= 0.3 is 5.97 Å². The number of nitrogens with zero attached hydrogens (tertiary/aromatic N) is 1. The summed E-state index contributed by atoms with van der Waals surface area (Å²) in [6.45, 7) is 3.14. The molecule has 84 valence electrons. The minimum Gasteiger partial charge on any atom is -0.480 e. The van der Waals surface area contributed by atoms with E-state index in [1.807, 2.05) is 0 Å². The lowest BCUT2D eigenvalue weighted by Gasteiger charge is -2.30. The lowest BCUT2D eigenvalue weighted by atomic mass is 9.94. The van der Waals surface area contributed by atoms with Crippen LogP contribution in [0.5, 0.6) is 0 Å². The summed E-state index contributed by atoms with van der Waals surface area (Å²) in [5.74, 6) is -0.0459. The van der Waals surface area contributed by atoms with Crippen molar-refractivity contribution in [2.24, 2.45) is 5.92 Å². The van der Waals surface area contributed by atoms with Gasteiger partial charge in [-0.15, -0.1) is 0 Å². The lowest BCUT2D eigenvalue weighted by molar-refractivity contribution is -0.141. The van der Waals surface area contributed by atoms with E-state index in [0.29, 0.717) is 5.92 Å². The van der Waals surface area contributed by atoms with Gasteiger partial charge in [-0.3, -0.25) is 0 Å². The molecular weight excluding hydrogens is 190 g/mol. The SMILES string of the molecule is C[C@H]1C=C(N2CCC[C@H]2C(=O)O)CCC1. The first-order valence-electron chi connectivity index (χ1n) is 5.88. The summed E-state index contributed by atoms with van der Waals surface area (Å²) in [5.41, 5.74) is 1.28. The van der Waals surface area contributed by atoms with E-state index in [4.69, 9.17) is 5.11 Å². The maximum Gasteiger partial charge on any atom is 0.326 e. The van der Waals surface area contributed by atoms with Gasteiger partial charge in [0.05, 0.1) is 0 Å². The molecule has 2 atom stereocenters. The van der Waals surface area contributed by atoms with Crippen molar-refractivity contribution >= 4 is 5.97 Å². The quantitative estimate of drug-likeness (QED) is 0.758. The van der Waals surface area contributed by atoms with Crippen LogP contribution in [0, 0.1) is 5.92 Å². The molecule has 1 fully saturated rings. The molecular formula is C12H19NO2. The van der Waals surface area contributed by atoms with E-state index >= 15 is 0 Å². The number of carboxylic acid groups (broad SMARTS) is 1. The first-order chi connectivity index (χ1) is 7.18. The predicted octanol–water partition coefficient (Wildman–Crippen LogP) is 2.24. The van der Waals surface area contributed by atoms with Crippen LogP contribution >= 0.6 is 0 Å². The van der Waals surface area contributed by atoms with Crippen molar-refractivity contribution in [1.82, 2.24) is 4.90 Å². The fraction of sp³-hybridized carbons (Fsp3) is 0.750. The number of allylic oxidation sites excluding steroid dienone is 2. The Labute approximate surface area is 90.8 Å². The Morgan fingerprint density at radius 3 is 2.93 bits per heavy atom. The van der Waals surface area contributed by atoms with Crippen molar-refractivity contribution in [3.8, 4) is 0 Å². The Bertz CT molecular complexity index is 285. The molecule has 1 N–H and O–H groups in total. The van der Waals surface area contributed by atoms with E-state index < -0.39 is 5.97 Å². The first kappa shape index (κ1) is 10.5. The zero-order valence-electron chi connectivity index (χ0n) is 9.28. The van der Waals surface area contributed by atoms with E-state index in [2.05, 4.69) is 17.9 Å². The van der Waals surface area contributed by atoms with Crippen LogP contribution < -0.4 is 0 Å². The van der Waals surface area contributed by atoms with Gasteiger partial charge < -0.3 is 10.0 Å². The Morgan fingerprint density at radius 2 is 2.27 bits per heavy atom. The molecule has 2 aliphatic rings. The van der Waals surface area contributed by atoms with Crippen LogP contribution in [0.25, 0.3) is 0 Å². The molecule has 0 saturated carbocycles. The van der Waals surface area contributed by atoms with Gasteiger partial charge in [-0.1, -0.05) is 13.0 Å². The highest BCUT2D eigenvalue weighted by atomic mass is 16.4. The molecule has 0 radical (unpaired) electrons. The number of likely N-dealkylation sites (tertiary alicyclic amines) is 1. The smallest absolute Gasteiger partial charge is 0.326 e. The highest BCUT2D eigenvalue weighted by Gasteiger charge is 2.32. The Balaban J connectivity index is 2.12. The highest BCUT2D eigenvalue weighted by molar-refractivity contribution is 5.74. The molecule has 15 heavy (non-hydrogen) atoms. The summed E-state index contributed by atoms with van der Waals surface area (Å²) in [6, 6.07) is -0.262. The molecule has 3 nitrogen and oxygen atoms in total. The van der Waals surface area contributed by atoms with E-state index in [-0.39, 0.29) is 6.04 Å². The maximum atomic E-state index is 11.1. The Morgan fingerprint density at radius 1 is 1.47 bits per heavy atom. The van der Waals surface area contributed by atoms with Crippen molar-refractivity contribution in [3.05, 3.63) is 11.8 Å². The van der Waals surface area contributed by atoms with Gasteiger partial charge in [-0.05, 0) is 38.0 Å². The third-order valence-corrected chi connectivity index (χ3v) is 3.48. The molecule has 3 heteroatoms. The van der Waals surface area contributed by atoms with Crippen LogP contribution in [-0.2, 0) is 4.79 Å². The average molecular weight is 209 g/mol. The number of hydrogen-bond donors (Lipinski definition) is 1. The highest BCUT2D eigenvalue weighted by Crippen LogP contribution is 2.30. The minimum absolute atomic E-state index is 0.262. The first-order valence-corrected chi connectivity index (χ1v) is 5.88. The lowest BCUT2D eigenvalue weighted by Crippen LogP contribution is -2.36. The summed E-state index contributed by atoms with van der Waals surface area (Å²) in [7, 11) is 0. The molecule has 0 amide bonds. The van der Waals surface area contributed by atoms with Crippen molar-refractivity contribution in [2.45, 2.75) is 45.1 Å². The van der Waals surface area contributed by atoms with E-state index in [1.165, 1.54) is 18.5 Å². The summed E-state index contributed by atoms with van der Waals surface area (Å²) >= 11 is 0. The van der Waals surface area contributed by atoms with Crippen LogP contribution in [0.15, 0.2) is 11.8 Å². The molecule has 0 bridgehead atoms. The molecule has 1 saturated heterocycles. The zero-order valence-corrected chi connectivity index (χ0v) is 9.28. The molecule has 0 spiro atoms. The fourth-order valence-electron chi connectivity index (χ4n) is 2.71. The van der Waals surface area contributed by atoms with Crippen molar-refractivity contribution in [2.75, 3.05) is 6.54 Å². The number of carbonyl (C=O) groups is 1. The van der Waals surface area contributed by atoms with E-state index in [0.717, 1.165) is 25.8 Å². The van der Waals surface area contributed by atoms with Crippen molar-refractivity contribution < 1.29 is 9.90 Å². The summed E-state index contributed by atoms with van der Waals surface area (Å²) in [6.07, 6.45) is 7.60. The van der Waals surface area contributed by atoms with E-state index in [1.54, 1.807) is 0 Å². The molecule has 1 aliphatic carbocycles. The number of rotatable bonds is 2. The topological polar surface area (TPSA) is 40.5 Å². The average Bonchev–Trinajstić information content (AvgIpc) is 2.65. The third-order valence-electron chi connectivity index (χ3n) is 3.48. The summed E-state index contributed by atoms with van der Waals surface area (Å²) in [4.78, 5) is 13.2. The van der Waals surface area contributed by atoms with E-state index in [9.17, 15) is 4.79 Å². The minimum atomic E-state index is -0.661. The van der Waals surface area contributed by atoms with Crippen LogP contribution in [0.2, 0.25) is 0 Å². The molecule has 1 aliphatic heterocycles. The molecule has 0 aromatic rings. The second-order valence-electron chi connectivity index (χ2n) is 4.72. The molecule has 0 unspecified atom stereocenters. The zero-order chi connectivity index (χ0) is 10.8. The number of aliphatic carboxylic acids is 1. The van der Waals surface area contributed by atoms with Gasteiger partial charge in [0.15, 0.2) is 0 Å². The molecule has 1 heterocycles. The van der Waals surface area contributed by atoms with Gasteiger partial charge in [0.1, 0.15) is 6.04 Å². The largest absolute Gasteiger partial charge is 0.480 e. The second kappa shape index (κ2) is 4.25. The van der Waals surface area contributed by atoms with Crippen LogP contribution in [0.4, 0.5) is 0 Å². The monoisotopic (exact) mass is 209 g/mol. The number of carboxylic acids is 1. The van der Waals surface area contributed by atoms with Gasteiger partial charge in [-0.25, -0.2) is 4.79 Å². The predicted molar refractivity (Wildman–Crippen MR) is 58.5 cm³/mol. The summed E-state index contributed by atoms with van der Waals surface area (Å²) < 4.78 is 0. The van der Waals surface area contributed by atoms with Gasteiger partial charge in [0.2, 0.25) is 0 Å². The Kier molecular flexibility index (Phi) is 2.98. The Hall–Kier alpha value is -0.990. The molecule has 2 rings (SSSR count). The normalized spacial score (nSPS) is 31.5. The summed E-state index contributed by atoms with van der Waals surface area (Å²) in [5, 5.41) is 9.11. The fourth-order valence-corrected chi connectivity index (χ4v) is 2.71. The maximum absolute atomic E-state index is 11.1. The molecule has 0 aromatic heterocycles. The second-order valence-corrected chi connectivity index (χ2v) is 4.72. The van der Waals surface area contributed by atoms with Crippen molar-refractivity contribution in [3.63, 3.8) is 0 Å². The van der Waals surface area contributed by atoms with Crippen LogP contribution in [-0.4, -0.2) is 28.6 Å². The van der Waals surface area contributed by atoms with Gasteiger partial charge in [0, 0.05) is 12.2 Å².